The zero-order valence-corrected chi connectivity index (χ0v) is 10.00. The largest absolute Gasteiger partial charge is 0.306 e. The molecule has 0 aromatic carbocycles. The molecule has 2 aromatic heterocycles. The van der Waals surface area contributed by atoms with E-state index in [1.54, 1.807) is 23.0 Å². The van der Waals surface area contributed by atoms with E-state index in [4.69, 9.17) is 0 Å². The minimum absolute atomic E-state index is 0.236. The molecule has 6 heteroatoms. The molecule has 6 nitrogen and oxygen atoms in total. The molecule has 1 aliphatic rings. The van der Waals surface area contributed by atoms with E-state index in [-0.39, 0.29) is 17.7 Å². The third-order valence-corrected chi connectivity index (χ3v) is 3.35. The summed E-state index contributed by atoms with van der Waals surface area (Å²) in [5.41, 5.74) is 1.80. The fourth-order valence-electron chi connectivity index (χ4n) is 2.34. The van der Waals surface area contributed by atoms with Gasteiger partial charge in [-0.25, -0.2) is 4.98 Å². The van der Waals surface area contributed by atoms with Crippen LogP contribution >= 0.6 is 0 Å². The van der Waals surface area contributed by atoms with Crippen molar-refractivity contribution in [1.29, 1.82) is 0 Å². The van der Waals surface area contributed by atoms with Gasteiger partial charge in [0.1, 0.15) is 12.0 Å². The average Bonchev–Trinajstić information content (AvgIpc) is 2.80. The first kappa shape index (κ1) is 11.6. The van der Waals surface area contributed by atoms with Gasteiger partial charge in [0.2, 0.25) is 11.8 Å². The van der Waals surface area contributed by atoms with Crippen LogP contribution in [0.4, 0.5) is 0 Å². The lowest BCUT2D eigenvalue weighted by Crippen LogP contribution is -2.39. The Labute approximate surface area is 108 Å². The van der Waals surface area contributed by atoms with Gasteiger partial charge < -0.3 is 4.40 Å². The Kier molecular flexibility index (Phi) is 2.63. The summed E-state index contributed by atoms with van der Waals surface area (Å²) in [6.45, 7) is 0. The van der Waals surface area contributed by atoms with E-state index in [9.17, 15) is 14.4 Å². The van der Waals surface area contributed by atoms with Crippen LogP contribution in [0.2, 0.25) is 0 Å². The molecular formula is C13H11N3O3. The van der Waals surface area contributed by atoms with Crippen molar-refractivity contribution in [3.05, 3.63) is 35.9 Å². The van der Waals surface area contributed by atoms with Crippen molar-refractivity contribution in [1.82, 2.24) is 14.7 Å². The number of nitrogens with zero attached hydrogens (tertiary/aromatic N) is 2. The highest BCUT2D eigenvalue weighted by atomic mass is 16.2. The third-order valence-electron chi connectivity index (χ3n) is 3.35. The maximum Gasteiger partial charge on any atom is 0.234 e. The highest BCUT2D eigenvalue weighted by molar-refractivity contribution is 6.01. The summed E-state index contributed by atoms with van der Waals surface area (Å²) in [7, 11) is 0. The highest BCUT2D eigenvalue weighted by Gasteiger charge is 2.28. The first-order valence-electron chi connectivity index (χ1n) is 5.94. The maximum absolute atomic E-state index is 11.8. The van der Waals surface area contributed by atoms with Gasteiger partial charge in [0.15, 0.2) is 6.29 Å². The van der Waals surface area contributed by atoms with Crippen molar-refractivity contribution in [2.24, 2.45) is 0 Å². The van der Waals surface area contributed by atoms with Crippen molar-refractivity contribution < 1.29 is 14.4 Å². The number of rotatable bonds is 2. The van der Waals surface area contributed by atoms with Crippen molar-refractivity contribution in [3.8, 4) is 0 Å². The van der Waals surface area contributed by atoms with Gasteiger partial charge in [-0.2, -0.15) is 0 Å². The van der Waals surface area contributed by atoms with Gasteiger partial charge in [0.05, 0.1) is 11.4 Å². The molecule has 0 saturated carbocycles. The molecule has 3 heterocycles. The zero-order valence-electron chi connectivity index (χ0n) is 10.00. The molecule has 2 aromatic rings. The van der Waals surface area contributed by atoms with Gasteiger partial charge in [-0.3, -0.25) is 19.7 Å². The van der Waals surface area contributed by atoms with E-state index in [0.29, 0.717) is 30.3 Å². The van der Waals surface area contributed by atoms with E-state index < -0.39 is 0 Å². The normalized spacial score (nSPS) is 19.5. The molecule has 0 bridgehead atoms. The predicted molar refractivity (Wildman–Crippen MR) is 65.7 cm³/mol. The number of hydrogen-bond donors (Lipinski definition) is 1. The Morgan fingerprint density at radius 2 is 2.26 bits per heavy atom. The predicted octanol–water partition coefficient (Wildman–Crippen LogP) is 0.667. The molecule has 0 aliphatic carbocycles. The number of imide groups is 1. The number of aromatic nitrogens is 2. The van der Waals surface area contributed by atoms with Gasteiger partial charge >= 0.3 is 0 Å². The number of carbonyl (C=O) groups is 3. The first-order valence-corrected chi connectivity index (χ1v) is 5.94. The number of fused-ring (bicyclic) bond motifs is 1. The second kappa shape index (κ2) is 4.31. The summed E-state index contributed by atoms with van der Waals surface area (Å²) in [4.78, 5) is 37.8. The van der Waals surface area contributed by atoms with E-state index in [1.165, 1.54) is 0 Å². The van der Waals surface area contributed by atoms with Crippen LogP contribution in [0.3, 0.4) is 0 Å². The number of hydrogen-bond acceptors (Lipinski definition) is 4. The van der Waals surface area contributed by atoms with Crippen LogP contribution in [-0.4, -0.2) is 27.5 Å². The number of pyridine rings is 1. The standard InChI is InChI=1S/C13H11N3O3/c17-6-10-11-5-8(3-4-16(11)7-14-10)9-1-2-12(18)15-13(9)19/h3-7,9H,1-2H2,(H,15,18,19). The molecule has 0 radical (unpaired) electrons. The molecule has 1 atom stereocenters. The smallest absolute Gasteiger partial charge is 0.234 e. The highest BCUT2D eigenvalue weighted by Crippen LogP contribution is 2.26. The van der Waals surface area contributed by atoms with Crippen LogP contribution in [0, 0.1) is 0 Å². The molecule has 1 aliphatic heterocycles. The van der Waals surface area contributed by atoms with Crippen LogP contribution in [0.25, 0.3) is 5.52 Å². The second-order valence-electron chi connectivity index (χ2n) is 4.50. The summed E-state index contributed by atoms with van der Waals surface area (Å²) < 4.78 is 1.72. The number of carbonyl (C=O) groups excluding carboxylic acids is 3. The molecule has 19 heavy (non-hydrogen) atoms. The lowest BCUT2D eigenvalue weighted by atomic mass is 9.91. The second-order valence-corrected chi connectivity index (χ2v) is 4.50. The molecule has 0 spiro atoms. The van der Waals surface area contributed by atoms with Crippen LogP contribution in [0.1, 0.15) is 34.8 Å². The fraction of sp³-hybridized carbons (Fsp3) is 0.231. The van der Waals surface area contributed by atoms with Gasteiger partial charge in [-0.1, -0.05) is 0 Å². The molecular weight excluding hydrogens is 246 g/mol. The number of amides is 2. The van der Waals surface area contributed by atoms with Gasteiger partial charge in [-0.05, 0) is 24.1 Å². The zero-order chi connectivity index (χ0) is 13.4. The third kappa shape index (κ3) is 1.91. The molecule has 1 unspecified atom stereocenters. The first-order chi connectivity index (χ1) is 9.19. The summed E-state index contributed by atoms with van der Waals surface area (Å²) >= 11 is 0. The van der Waals surface area contributed by atoms with Crippen LogP contribution in [-0.2, 0) is 9.59 Å². The Morgan fingerprint density at radius 1 is 1.42 bits per heavy atom. The molecule has 2 amide bonds. The van der Waals surface area contributed by atoms with E-state index in [2.05, 4.69) is 10.3 Å². The maximum atomic E-state index is 11.8. The molecule has 3 rings (SSSR count). The average molecular weight is 257 g/mol. The summed E-state index contributed by atoms with van der Waals surface area (Å²) in [5, 5.41) is 2.33. The Bertz CT molecular complexity index is 689. The fourth-order valence-corrected chi connectivity index (χ4v) is 2.34. The number of aldehydes is 1. The number of nitrogens with one attached hydrogen (secondary N) is 1. The summed E-state index contributed by atoms with van der Waals surface area (Å²) in [5.74, 6) is -0.870. The monoisotopic (exact) mass is 257 g/mol. The van der Waals surface area contributed by atoms with Crippen LogP contribution < -0.4 is 5.32 Å². The Balaban J connectivity index is 2.03. The topological polar surface area (TPSA) is 80.5 Å². The molecule has 1 saturated heterocycles. The van der Waals surface area contributed by atoms with E-state index in [1.807, 2.05) is 6.07 Å². The van der Waals surface area contributed by atoms with Crippen molar-refractivity contribution in [2.45, 2.75) is 18.8 Å². The lowest BCUT2D eigenvalue weighted by molar-refractivity contribution is -0.134. The van der Waals surface area contributed by atoms with Gasteiger partial charge in [-0.15, -0.1) is 0 Å². The van der Waals surface area contributed by atoms with Crippen molar-refractivity contribution in [2.75, 3.05) is 0 Å². The number of piperidine rings is 1. The Hall–Kier alpha value is -2.50. The summed E-state index contributed by atoms with van der Waals surface area (Å²) in [6, 6.07) is 3.58. The van der Waals surface area contributed by atoms with Gasteiger partial charge in [0.25, 0.3) is 0 Å². The minimum atomic E-state index is -0.350. The molecule has 96 valence electrons. The minimum Gasteiger partial charge on any atom is -0.306 e. The van der Waals surface area contributed by atoms with Gasteiger partial charge in [0, 0.05) is 12.6 Å². The van der Waals surface area contributed by atoms with Crippen LogP contribution in [0.15, 0.2) is 24.7 Å². The SMILES string of the molecule is O=Cc1ncn2ccc(C3CCC(=O)NC3=O)cc12. The summed E-state index contributed by atoms with van der Waals surface area (Å²) in [6.07, 6.45) is 4.82. The van der Waals surface area contributed by atoms with E-state index >= 15 is 0 Å². The van der Waals surface area contributed by atoms with Crippen molar-refractivity contribution in [3.63, 3.8) is 0 Å². The Morgan fingerprint density at radius 3 is 3.00 bits per heavy atom. The van der Waals surface area contributed by atoms with Crippen LogP contribution in [0.5, 0.6) is 0 Å². The van der Waals surface area contributed by atoms with Crippen molar-refractivity contribution >= 4 is 23.6 Å². The molecule has 1 fully saturated rings. The molecule has 1 N–H and O–H groups in total. The number of imidazole rings is 1. The van der Waals surface area contributed by atoms with E-state index in [0.717, 1.165) is 5.56 Å². The quantitative estimate of drug-likeness (QED) is 0.633. The lowest BCUT2D eigenvalue weighted by Gasteiger charge is -2.21.